The lowest BCUT2D eigenvalue weighted by molar-refractivity contribution is 0.0939. The SMILES string of the molecule is Cc1noc(C)c1C(C)NC(=O)c1ccc(I)c(Cl)c1. The number of hydrogen-bond acceptors (Lipinski definition) is 3. The van der Waals surface area contributed by atoms with Gasteiger partial charge in [0.2, 0.25) is 0 Å². The molecule has 1 N–H and O–H groups in total. The van der Waals surface area contributed by atoms with Crippen molar-refractivity contribution in [2.75, 3.05) is 0 Å². The predicted molar refractivity (Wildman–Crippen MR) is 86.0 cm³/mol. The molecule has 1 aromatic carbocycles. The summed E-state index contributed by atoms with van der Waals surface area (Å²) in [6, 6.07) is 5.06. The Kier molecular flexibility index (Phi) is 4.70. The Morgan fingerprint density at radius 1 is 1.45 bits per heavy atom. The zero-order valence-electron chi connectivity index (χ0n) is 11.3. The summed E-state index contributed by atoms with van der Waals surface area (Å²) in [5, 5.41) is 7.39. The van der Waals surface area contributed by atoms with Gasteiger partial charge in [-0.1, -0.05) is 16.8 Å². The number of nitrogens with one attached hydrogen (secondary N) is 1. The van der Waals surface area contributed by atoms with Gasteiger partial charge in [0.05, 0.1) is 16.8 Å². The first-order valence-corrected chi connectivity index (χ1v) is 7.54. The van der Waals surface area contributed by atoms with E-state index >= 15 is 0 Å². The normalized spacial score (nSPS) is 12.2. The quantitative estimate of drug-likeness (QED) is 0.786. The van der Waals surface area contributed by atoms with E-state index < -0.39 is 0 Å². The molecule has 0 aliphatic carbocycles. The fourth-order valence-electron chi connectivity index (χ4n) is 2.10. The Morgan fingerprint density at radius 2 is 2.15 bits per heavy atom. The van der Waals surface area contributed by atoms with Crippen molar-refractivity contribution in [3.8, 4) is 0 Å². The molecule has 1 heterocycles. The molecule has 1 amide bonds. The van der Waals surface area contributed by atoms with Gasteiger partial charge >= 0.3 is 0 Å². The molecule has 2 aromatic rings. The first kappa shape index (κ1) is 15.3. The molecule has 0 fully saturated rings. The summed E-state index contributed by atoms with van der Waals surface area (Å²) in [7, 11) is 0. The highest BCUT2D eigenvalue weighted by Gasteiger charge is 2.19. The number of hydrogen-bond donors (Lipinski definition) is 1. The fraction of sp³-hybridized carbons (Fsp3) is 0.286. The average Bonchev–Trinajstić information content (AvgIpc) is 2.72. The predicted octanol–water partition coefficient (Wildman–Crippen LogP) is 4.04. The molecule has 0 saturated carbocycles. The van der Waals surface area contributed by atoms with Gasteiger partial charge in [-0.15, -0.1) is 0 Å². The maximum atomic E-state index is 12.2. The topological polar surface area (TPSA) is 55.1 Å². The van der Waals surface area contributed by atoms with Crippen molar-refractivity contribution in [3.63, 3.8) is 0 Å². The molecule has 0 aliphatic heterocycles. The number of aromatic nitrogens is 1. The van der Waals surface area contributed by atoms with E-state index in [1.165, 1.54) is 0 Å². The standard InChI is InChI=1S/C14H14ClIN2O2/c1-7(13-8(2)18-20-9(13)3)17-14(19)10-4-5-12(16)11(15)6-10/h4-7H,1-3H3,(H,17,19). The number of halogens is 2. The first-order valence-electron chi connectivity index (χ1n) is 6.09. The van der Waals surface area contributed by atoms with E-state index in [0.717, 1.165) is 20.6 Å². The van der Waals surface area contributed by atoms with Crippen LogP contribution in [0.2, 0.25) is 5.02 Å². The maximum Gasteiger partial charge on any atom is 0.251 e. The van der Waals surface area contributed by atoms with Crippen molar-refractivity contribution in [3.05, 3.63) is 49.4 Å². The zero-order valence-corrected chi connectivity index (χ0v) is 14.2. The van der Waals surface area contributed by atoms with Gasteiger partial charge in [0.25, 0.3) is 5.91 Å². The van der Waals surface area contributed by atoms with Crippen LogP contribution in [-0.4, -0.2) is 11.1 Å². The van der Waals surface area contributed by atoms with Gasteiger partial charge in [-0.05, 0) is 61.6 Å². The second-order valence-electron chi connectivity index (χ2n) is 4.56. The van der Waals surface area contributed by atoms with Gasteiger partial charge in [-0.3, -0.25) is 4.79 Å². The molecular weight excluding hydrogens is 391 g/mol. The Balaban J connectivity index is 2.17. The van der Waals surface area contributed by atoms with E-state index in [2.05, 4.69) is 33.1 Å². The van der Waals surface area contributed by atoms with Crippen LogP contribution in [0, 0.1) is 17.4 Å². The third kappa shape index (κ3) is 3.15. The molecule has 0 bridgehead atoms. The largest absolute Gasteiger partial charge is 0.361 e. The van der Waals surface area contributed by atoms with E-state index in [-0.39, 0.29) is 11.9 Å². The monoisotopic (exact) mass is 404 g/mol. The van der Waals surface area contributed by atoms with Gasteiger partial charge in [-0.2, -0.15) is 0 Å². The van der Waals surface area contributed by atoms with E-state index in [1.807, 2.05) is 26.8 Å². The molecule has 2 rings (SSSR count). The highest BCUT2D eigenvalue weighted by molar-refractivity contribution is 14.1. The number of carbonyl (C=O) groups excluding carboxylic acids is 1. The second-order valence-corrected chi connectivity index (χ2v) is 6.13. The lowest BCUT2D eigenvalue weighted by Crippen LogP contribution is -2.27. The number of benzene rings is 1. The van der Waals surface area contributed by atoms with E-state index in [0.29, 0.717) is 10.6 Å². The second kappa shape index (κ2) is 6.13. The van der Waals surface area contributed by atoms with Crippen molar-refractivity contribution in [1.29, 1.82) is 0 Å². The molecule has 0 aliphatic rings. The molecule has 0 saturated heterocycles. The van der Waals surface area contributed by atoms with Crippen molar-refractivity contribution in [1.82, 2.24) is 10.5 Å². The number of carbonyl (C=O) groups is 1. The van der Waals surface area contributed by atoms with Gasteiger partial charge in [-0.25, -0.2) is 0 Å². The van der Waals surface area contributed by atoms with E-state index in [1.54, 1.807) is 12.1 Å². The summed E-state index contributed by atoms with van der Waals surface area (Å²) in [6.45, 7) is 5.59. The van der Waals surface area contributed by atoms with Gasteiger partial charge in [0.1, 0.15) is 5.76 Å². The van der Waals surface area contributed by atoms with Crippen molar-refractivity contribution in [2.24, 2.45) is 0 Å². The fourth-order valence-corrected chi connectivity index (χ4v) is 2.61. The van der Waals surface area contributed by atoms with Crippen LogP contribution in [0.1, 0.15) is 40.3 Å². The molecule has 0 radical (unpaired) electrons. The maximum absolute atomic E-state index is 12.2. The first-order chi connectivity index (χ1) is 9.40. The van der Waals surface area contributed by atoms with Crippen molar-refractivity contribution in [2.45, 2.75) is 26.8 Å². The molecular formula is C14H14ClIN2O2. The molecule has 106 valence electrons. The number of nitrogens with zero attached hydrogens (tertiary/aromatic N) is 1. The number of rotatable bonds is 3. The average molecular weight is 405 g/mol. The van der Waals surface area contributed by atoms with Crippen LogP contribution < -0.4 is 5.32 Å². The lowest BCUT2D eigenvalue weighted by atomic mass is 10.1. The lowest BCUT2D eigenvalue weighted by Gasteiger charge is -2.14. The van der Waals surface area contributed by atoms with Crippen LogP contribution >= 0.6 is 34.2 Å². The van der Waals surface area contributed by atoms with Crippen LogP contribution in [-0.2, 0) is 0 Å². The van der Waals surface area contributed by atoms with Crippen molar-refractivity contribution < 1.29 is 9.32 Å². The summed E-state index contributed by atoms with van der Waals surface area (Å²) < 4.78 is 6.03. The summed E-state index contributed by atoms with van der Waals surface area (Å²) in [6.07, 6.45) is 0. The number of amides is 1. The Morgan fingerprint density at radius 3 is 2.70 bits per heavy atom. The Labute approximate surface area is 136 Å². The molecule has 1 atom stereocenters. The van der Waals surface area contributed by atoms with E-state index in [9.17, 15) is 4.79 Å². The van der Waals surface area contributed by atoms with Crippen LogP contribution in [0.3, 0.4) is 0 Å². The highest BCUT2D eigenvalue weighted by atomic mass is 127. The van der Waals surface area contributed by atoms with Gasteiger partial charge < -0.3 is 9.84 Å². The summed E-state index contributed by atoms with van der Waals surface area (Å²) in [4.78, 5) is 12.2. The molecule has 1 unspecified atom stereocenters. The smallest absolute Gasteiger partial charge is 0.251 e. The molecule has 20 heavy (non-hydrogen) atoms. The Bertz CT molecular complexity index is 635. The minimum Gasteiger partial charge on any atom is -0.361 e. The third-order valence-corrected chi connectivity index (χ3v) is 4.62. The number of aryl methyl sites for hydroxylation is 2. The summed E-state index contributed by atoms with van der Waals surface area (Å²) in [5.74, 6) is 0.548. The molecule has 6 heteroatoms. The zero-order chi connectivity index (χ0) is 14.9. The van der Waals surface area contributed by atoms with E-state index in [4.69, 9.17) is 16.1 Å². The molecule has 0 spiro atoms. The van der Waals surface area contributed by atoms with Crippen molar-refractivity contribution >= 4 is 40.1 Å². The van der Waals surface area contributed by atoms with Gasteiger partial charge in [0.15, 0.2) is 0 Å². The van der Waals surface area contributed by atoms with Crippen LogP contribution in [0.4, 0.5) is 0 Å². The molecule has 1 aromatic heterocycles. The third-order valence-electron chi connectivity index (χ3n) is 3.05. The van der Waals surface area contributed by atoms with Crippen LogP contribution in [0.5, 0.6) is 0 Å². The summed E-state index contributed by atoms with van der Waals surface area (Å²) in [5.41, 5.74) is 2.24. The minimum absolute atomic E-state index is 0.171. The van der Waals surface area contributed by atoms with Crippen LogP contribution in [0.15, 0.2) is 22.7 Å². The highest BCUT2D eigenvalue weighted by Crippen LogP contribution is 2.23. The summed E-state index contributed by atoms with van der Waals surface area (Å²) >= 11 is 8.15. The van der Waals surface area contributed by atoms with Gasteiger partial charge in [0, 0.05) is 14.7 Å². The molecule has 4 nitrogen and oxygen atoms in total. The minimum atomic E-state index is -0.174. The Hall–Kier alpha value is -1.08. The van der Waals surface area contributed by atoms with Crippen LogP contribution in [0.25, 0.3) is 0 Å².